The fourth-order valence-electron chi connectivity index (χ4n) is 3.13. The van der Waals surface area contributed by atoms with Crippen molar-refractivity contribution in [1.82, 2.24) is 25.1 Å². The van der Waals surface area contributed by atoms with Gasteiger partial charge in [0.1, 0.15) is 11.6 Å². The van der Waals surface area contributed by atoms with Crippen molar-refractivity contribution < 1.29 is 0 Å². The second-order valence-electron chi connectivity index (χ2n) is 6.89. The van der Waals surface area contributed by atoms with Gasteiger partial charge in [-0.2, -0.15) is 15.2 Å². The van der Waals surface area contributed by atoms with Crippen LogP contribution < -0.4 is 21.3 Å². The van der Waals surface area contributed by atoms with Crippen molar-refractivity contribution in [2.75, 3.05) is 48.7 Å². The van der Waals surface area contributed by atoms with E-state index in [1.54, 1.807) is 10.9 Å². The first-order valence-electron chi connectivity index (χ1n) is 10.4. The Bertz CT molecular complexity index is 879. The Morgan fingerprint density at radius 3 is 2.47 bits per heavy atom. The third kappa shape index (κ3) is 5.01. The van der Waals surface area contributed by atoms with E-state index >= 15 is 0 Å². The van der Waals surface area contributed by atoms with E-state index < -0.39 is 0 Å². The van der Waals surface area contributed by atoms with Crippen LogP contribution in [0.1, 0.15) is 45.2 Å². The predicted molar refractivity (Wildman–Crippen MR) is 117 cm³/mol. The van der Waals surface area contributed by atoms with Gasteiger partial charge in [-0.15, -0.1) is 15.3 Å². The molecule has 1 unspecified atom stereocenters. The summed E-state index contributed by atoms with van der Waals surface area (Å²) in [5, 5.41) is 35.6. The average Bonchev–Trinajstić information content (AvgIpc) is 3.41. The topological polar surface area (TPSA) is 140 Å². The summed E-state index contributed by atoms with van der Waals surface area (Å²) in [7, 11) is 0. The number of aromatic nitrogens is 4. The summed E-state index contributed by atoms with van der Waals surface area (Å²) in [5.41, 5.74) is 0.879. The molecule has 160 valence electrons. The van der Waals surface area contributed by atoms with E-state index in [0.717, 1.165) is 32.5 Å². The van der Waals surface area contributed by atoms with E-state index in [1.807, 2.05) is 13.8 Å². The lowest BCUT2D eigenvalue weighted by atomic mass is 10.3. The lowest BCUT2D eigenvalue weighted by Crippen LogP contribution is -2.13. The lowest BCUT2D eigenvalue weighted by molar-refractivity contribution is 0.491. The molecule has 0 saturated carbocycles. The van der Waals surface area contributed by atoms with Crippen molar-refractivity contribution in [3.8, 4) is 6.07 Å². The van der Waals surface area contributed by atoms with E-state index in [-0.39, 0.29) is 6.04 Å². The van der Waals surface area contributed by atoms with Gasteiger partial charge in [0, 0.05) is 32.4 Å². The summed E-state index contributed by atoms with van der Waals surface area (Å²) < 4.78 is 1.80. The summed E-state index contributed by atoms with van der Waals surface area (Å²) >= 11 is 0. The number of rotatable bonds is 10. The van der Waals surface area contributed by atoms with Crippen molar-refractivity contribution >= 4 is 29.1 Å². The number of nitrogens with zero attached hydrogens (tertiary/aromatic N) is 7. The normalized spacial score (nSPS) is 16.0. The van der Waals surface area contributed by atoms with Gasteiger partial charge in [-0.05, 0) is 33.2 Å². The zero-order valence-corrected chi connectivity index (χ0v) is 17.7. The van der Waals surface area contributed by atoms with Gasteiger partial charge in [0.25, 0.3) is 0 Å². The van der Waals surface area contributed by atoms with Gasteiger partial charge in [0.2, 0.25) is 11.8 Å². The fourth-order valence-corrected chi connectivity index (χ4v) is 3.13. The molecule has 0 aromatic carbocycles. The van der Waals surface area contributed by atoms with Crippen LogP contribution >= 0.6 is 0 Å². The Morgan fingerprint density at radius 2 is 1.90 bits per heavy atom. The maximum absolute atomic E-state index is 9.49. The van der Waals surface area contributed by atoms with Gasteiger partial charge >= 0.3 is 0 Å². The first kappa shape index (κ1) is 21.4. The average molecular weight is 412 g/mol. The van der Waals surface area contributed by atoms with Crippen LogP contribution in [0.3, 0.4) is 0 Å². The maximum Gasteiger partial charge on any atom is 0.226 e. The molecule has 2 aromatic rings. The number of nitrogens with one attached hydrogen (secondary N) is 4. The summed E-state index contributed by atoms with van der Waals surface area (Å²) in [4.78, 5) is 9.08. The Kier molecular flexibility index (Phi) is 7.51. The zero-order valence-electron chi connectivity index (χ0n) is 17.7. The molecular formula is C19H29N11. The third-order valence-electron chi connectivity index (χ3n) is 4.59. The van der Waals surface area contributed by atoms with Crippen LogP contribution in [-0.4, -0.2) is 52.5 Å². The van der Waals surface area contributed by atoms with Gasteiger partial charge in [0.15, 0.2) is 17.3 Å². The molecule has 0 amide bonds. The van der Waals surface area contributed by atoms with E-state index in [4.69, 9.17) is 0 Å². The molecule has 0 spiro atoms. The maximum atomic E-state index is 9.49. The largest absolute Gasteiger partial charge is 0.368 e. The number of nitriles is 1. The monoisotopic (exact) mass is 411 g/mol. The highest BCUT2D eigenvalue weighted by Gasteiger charge is 2.20. The molecule has 3 rings (SSSR count). The number of hydrogen-bond acceptors (Lipinski definition) is 10. The highest BCUT2D eigenvalue weighted by molar-refractivity contribution is 5.75. The number of anilines is 3. The number of azo groups is 1. The molecule has 1 atom stereocenters. The van der Waals surface area contributed by atoms with Crippen LogP contribution in [0.2, 0.25) is 0 Å². The van der Waals surface area contributed by atoms with E-state index in [9.17, 15) is 5.26 Å². The molecule has 2 aromatic heterocycles. The highest BCUT2D eigenvalue weighted by atomic mass is 15.4. The van der Waals surface area contributed by atoms with Crippen LogP contribution in [0, 0.1) is 11.3 Å². The molecule has 30 heavy (non-hydrogen) atoms. The predicted octanol–water partition coefficient (Wildman–Crippen LogP) is 3.18. The van der Waals surface area contributed by atoms with Crippen LogP contribution in [-0.2, 0) is 0 Å². The molecular weight excluding hydrogens is 382 g/mol. The van der Waals surface area contributed by atoms with Crippen LogP contribution in [0.5, 0.6) is 0 Å². The molecule has 1 aliphatic heterocycles. The molecule has 3 heterocycles. The highest BCUT2D eigenvalue weighted by Crippen LogP contribution is 2.34. The van der Waals surface area contributed by atoms with Gasteiger partial charge in [-0.1, -0.05) is 6.92 Å². The summed E-state index contributed by atoms with van der Waals surface area (Å²) in [6, 6.07) is 2.38. The Hall–Kier alpha value is -3.26. The molecule has 4 N–H and O–H groups in total. The first-order chi connectivity index (χ1) is 14.7. The third-order valence-corrected chi connectivity index (χ3v) is 4.59. The van der Waals surface area contributed by atoms with Crippen molar-refractivity contribution in [1.29, 1.82) is 5.26 Å². The van der Waals surface area contributed by atoms with Crippen molar-refractivity contribution in [3.05, 3.63) is 11.8 Å². The molecule has 0 bridgehead atoms. The van der Waals surface area contributed by atoms with Gasteiger partial charge in [0.05, 0.1) is 6.04 Å². The minimum atomic E-state index is 0.225. The zero-order chi connectivity index (χ0) is 21.3. The minimum Gasteiger partial charge on any atom is -0.368 e. The molecule has 1 fully saturated rings. The second-order valence-corrected chi connectivity index (χ2v) is 6.89. The smallest absolute Gasteiger partial charge is 0.226 e. The van der Waals surface area contributed by atoms with Crippen molar-refractivity contribution in [3.63, 3.8) is 0 Å². The van der Waals surface area contributed by atoms with Gasteiger partial charge in [-0.3, -0.25) is 4.68 Å². The fraction of sp³-hybridized carbons (Fsp3) is 0.579. The lowest BCUT2D eigenvalue weighted by Gasteiger charge is -2.13. The minimum absolute atomic E-state index is 0.225. The van der Waals surface area contributed by atoms with Gasteiger partial charge < -0.3 is 21.3 Å². The number of hydrogen-bond donors (Lipinski definition) is 4. The Labute approximate surface area is 176 Å². The van der Waals surface area contributed by atoms with Crippen LogP contribution in [0.4, 0.5) is 29.1 Å². The molecule has 1 aliphatic rings. The molecule has 0 aliphatic carbocycles. The molecule has 11 nitrogen and oxygen atoms in total. The van der Waals surface area contributed by atoms with E-state index in [2.05, 4.69) is 59.6 Å². The van der Waals surface area contributed by atoms with Crippen molar-refractivity contribution in [2.24, 2.45) is 10.2 Å². The Morgan fingerprint density at radius 1 is 1.17 bits per heavy atom. The summed E-state index contributed by atoms with van der Waals surface area (Å²) in [5.74, 6) is 1.97. The Balaban J connectivity index is 1.95. The standard InChI is InChI=1S/C19H29N11/c1-4-8-24-19-25-17(22-5-2)15(18(26-19)23-6-3)27-28-16-13(10-20)12-30(29-16)14-7-9-21-11-14/h12,14,21H,4-9,11H2,1-3H3,(H3,22,23,24,25,26). The van der Waals surface area contributed by atoms with Gasteiger partial charge in [-0.25, -0.2) is 0 Å². The second kappa shape index (κ2) is 10.5. The van der Waals surface area contributed by atoms with Crippen LogP contribution in [0.25, 0.3) is 0 Å². The molecule has 11 heteroatoms. The van der Waals surface area contributed by atoms with E-state index in [0.29, 0.717) is 47.7 Å². The summed E-state index contributed by atoms with van der Waals surface area (Å²) in [6.07, 6.45) is 3.67. The first-order valence-corrected chi connectivity index (χ1v) is 10.4. The molecule has 0 radical (unpaired) electrons. The van der Waals surface area contributed by atoms with Crippen molar-refractivity contribution in [2.45, 2.75) is 39.7 Å². The summed E-state index contributed by atoms with van der Waals surface area (Å²) in [6.45, 7) is 9.95. The van der Waals surface area contributed by atoms with Crippen LogP contribution in [0.15, 0.2) is 16.4 Å². The molecule has 1 saturated heterocycles. The SMILES string of the molecule is CCCNc1nc(NCC)c(N=Nc2nn(C3CCNC3)cc2C#N)c(NCC)n1. The van der Waals surface area contributed by atoms with E-state index in [1.165, 1.54) is 0 Å². The quantitative estimate of drug-likeness (QED) is 0.437.